The molecule has 27 heavy (non-hydrogen) atoms. The third kappa shape index (κ3) is 4.57. The van der Waals surface area contributed by atoms with Crippen LogP contribution in [0.4, 0.5) is 0 Å². The molecule has 4 rings (SSSR count). The fourth-order valence-corrected chi connectivity index (χ4v) is 3.23. The predicted octanol–water partition coefficient (Wildman–Crippen LogP) is 2.01. The van der Waals surface area contributed by atoms with Gasteiger partial charge in [0.25, 0.3) is 5.91 Å². The monoisotopic (exact) mass is 372 g/mol. The first-order valence-electron chi connectivity index (χ1n) is 9.34. The van der Waals surface area contributed by atoms with E-state index in [-0.39, 0.29) is 12.0 Å². The van der Waals surface area contributed by atoms with Crippen molar-refractivity contribution in [3.63, 3.8) is 0 Å². The van der Waals surface area contributed by atoms with Crippen LogP contribution in [0.1, 0.15) is 41.9 Å². The third-order valence-corrected chi connectivity index (χ3v) is 4.95. The second-order valence-corrected chi connectivity index (χ2v) is 7.05. The van der Waals surface area contributed by atoms with Crippen molar-refractivity contribution in [3.05, 3.63) is 36.0 Å². The van der Waals surface area contributed by atoms with Gasteiger partial charge >= 0.3 is 0 Å². The van der Waals surface area contributed by atoms with E-state index in [0.717, 1.165) is 38.8 Å². The van der Waals surface area contributed by atoms with Gasteiger partial charge in [-0.1, -0.05) is 5.16 Å². The number of benzene rings is 1. The van der Waals surface area contributed by atoms with Gasteiger partial charge in [0.1, 0.15) is 17.6 Å². The minimum absolute atomic E-state index is 0.0612. The van der Waals surface area contributed by atoms with Gasteiger partial charge < -0.3 is 19.3 Å². The Labute approximate surface area is 157 Å². The van der Waals surface area contributed by atoms with E-state index >= 15 is 0 Å². The maximum atomic E-state index is 12.5. The van der Waals surface area contributed by atoms with Crippen LogP contribution in [0.3, 0.4) is 0 Å². The van der Waals surface area contributed by atoms with Crippen molar-refractivity contribution in [1.82, 2.24) is 20.4 Å². The first-order valence-corrected chi connectivity index (χ1v) is 9.34. The van der Waals surface area contributed by atoms with Crippen molar-refractivity contribution in [2.24, 2.45) is 0 Å². The number of carbonyl (C=O) groups is 1. The number of ether oxygens (including phenoxy) is 2. The summed E-state index contributed by atoms with van der Waals surface area (Å²) in [7, 11) is 1.61. The summed E-state index contributed by atoms with van der Waals surface area (Å²) in [6.07, 6.45) is 5.26. The zero-order valence-corrected chi connectivity index (χ0v) is 15.4. The number of hydrogen-bond acceptors (Lipinski definition) is 7. The fourth-order valence-electron chi connectivity index (χ4n) is 3.23. The van der Waals surface area contributed by atoms with Crippen LogP contribution >= 0.6 is 0 Å². The van der Waals surface area contributed by atoms with Gasteiger partial charge in [-0.3, -0.25) is 9.69 Å². The molecule has 0 unspecified atom stereocenters. The molecule has 2 heterocycles. The average molecular weight is 372 g/mol. The lowest BCUT2D eigenvalue weighted by atomic mass is 10.1. The van der Waals surface area contributed by atoms with E-state index in [2.05, 4.69) is 20.4 Å². The molecule has 1 aliphatic heterocycles. The summed E-state index contributed by atoms with van der Waals surface area (Å²) in [6.45, 7) is 2.44. The van der Waals surface area contributed by atoms with Gasteiger partial charge in [-0.15, -0.1) is 0 Å². The van der Waals surface area contributed by atoms with Crippen molar-refractivity contribution >= 4 is 5.91 Å². The molecule has 0 atom stereocenters. The molecule has 1 aromatic heterocycles. The second kappa shape index (κ2) is 7.96. The lowest BCUT2D eigenvalue weighted by Gasteiger charge is -2.31. The van der Waals surface area contributed by atoms with Crippen molar-refractivity contribution in [1.29, 1.82) is 0 Å². The molecule has 1 amide bonds. The van der Waals surface area contributed by atoms with Crippen LogP contribution in [0.5, 0.6) is 11.5 Å². The summed E-state index contributed by atoms with van der Waals surface area (Å²) in [4.78, 5) is 18.9. The van der Waals surface area contributed by atoms with Crippen LogP contribution < -0.4 is 14.8 Å². The molecule has 1 saturated carbocycles. The van der Waals surface area contributed by atoms with Crippen LogP contribution in [0.15, 0.2) is 29.1 Å². The highest BCUT2D eigenvalue weighted by molar-refractivity contribution is 5.97. The Hall–Kier alpha value is -2.61. The van der Waals surface area contributed by atoms with Gasteiger partial charge in [-0.05, 0) is 37.8 Å². The average Bonchev–Trinajstić information content (AvgIpc) is 3.35. The zero-order chi connectivity index (χ0) is 18.6. The topological polar surface area (TPSA) is 89.7 Å². The molecule has 0 bridgehead atoms. The summed E-state index contributed by atoms with van der Waals surface area (Å²) in [6, 6.07) is 5.67. The summed E-state index contributed by atoms with van der Waals surface area (Å²) in [5.41, 5.74) is 0.567. The lowest BCUT2D eigenvalue weighted by molar-refractivity contribution is 0.0881. The van der Waals surface area contributed by atoms with Gasteiger partial charge in [0.15, 0.2) is 5.82 Å². The molecule has 1 aromatic carbocycles. The first-order chi connectivity index (χ1) is 13.2. The van der Waals surface area contributed by atoms with Gasteiger partial charge in [0, 0.05) is 25.2 Å². The number of nitrogens with zero attached hydrogens (tertiary/aromatic N) is 3. The smallest absolute Gasteiger partial charge is 0.255 e. The van der Waals surface area contributed by atoms with E-state index in [4.69, 9.17) is 14.0 Å². The highest BCUT2D eigenvalue weighted by Crippen LogP contribution is 2.29. The summed E-state index contributed by atoms with van der Waals surface area (Å²) >= 11 is 0. The van der Waals surface area contributed by atoms with Crippen LogP contribution in [-0.4, -0.2) is 53.3 Å². The molecule has 0 spiro atoms. The van der Waals surface area contributed by atoms with Gasteiger partial charge in [0.05, 0.1) is 19.2 Å². The number of hydrogen-bond donors (Lipinski definition) is 1. The Morgan fingerprint density at radius 2 is 2.11 bits per heavy atom. The van der Waals surface area contributed by atoms with Gasteiger partial charge in [-0.25, -0.2) is 0 Å². The van der Waals surface area contributed by atoms with E-state index in [1.807, 2.05) is 0 Å². The number of methoxy groups -OCH3 is 1. The molecule has 2 aliphatic rings. The molecule has 144 valence electrons. The minimum Gasteiger partial charge on any atom is -0.497 e. The number of nitrogens with one attached hydrogen (secondary N) is 1. The normalized spacial score (nSPS) is 18.3. The second-order valence-electron chi connectivity index (χ2n) is 7.05. The van der Waals surface area contributed by atoms with Crippen molar-refractivity contribution in [2.75, 3.05) is 20.2 Å². The highest BCUT2D eigenvalue weighted by Gasteiger charge is 2.27. The Morgan fingerprint density at radius 3 is 2.78 bits per heavy atom. The van der Waals surface area contributed by atoms with Crippen LogP contribution in [-0.2, 0) is 6.54 Å². The molecule has 1 N–H and O–H groups in total. The van der Waals surface area contributed by atoms with Crippen LogP contribution in [0.25, 0.3) is 0 Å². The molecule has 2 fully saturated rings. The van der Waals surface area contributed by atoms with E-state index in [1.165, 1.54) is 6.39 Å². The number of rotatable bonds is 7. The molecule has 1 saturated heterocycles. The molecule has 0 radical (unpaired) electrons. The van der Waals surface area contributed by atoms with Crippen LogP contribution in [0, 0.1) is 0 Å². The summed E-state index contributed by atoms with van der Waals surface area (Å²) in [5, 5.41) is 6.88. The molecular weight excluding hydrogens is 348 g/mol. The van der Waals surface area contributed by atoms with E-state index in [0.29, 0.717) is 35.5 Å². The number of aromatic nitrogens is 2. The Kier molecular flexibility index (Phi) is 5.24. The largest absolute Gasteiger partial charge is 0.497 e. The Balaban J connectivity index is 1.38. The number of piperidine rings is 1. The molecular formula is C19H24N4O4. The molecule has 2 aromatic rings. The van der Waals surface area contributed by atoms with Gasteiger partial charge in [-0.2, -0.15) is 4.98 Å². The Bertz CT molecular complexity index is 768. The Morgan fingerprint density at radius 1 is 1.30 bits per heavy atom. The lowest BCUT2D eigenvalue weighted by Crippen LogP contribution is -2.38. The third-order valence-electron chi connectivity index (χ3n) is 4.95. The van der Waals surface area contributed by atoms with Crippen molar-refractivity contribution in [2.45, 2.75) is 44.4 Å². The van der Waals surface area contributed by atoms with Crippen LogP contribution in [0.2, 0.25) is 0 Å². The predicted molar refractivity (Wildman–Crippen MR) is 96.7 cm³/mol. The number of likely N-dealkylation sites (tertiary alicyclic amines) is 1. The van der Waals surface area contributed by atoms with Crippen molar-refractivity contribution < 1.29 is 18.8 Å². The SMILES string of the molecule is COc1ccc(C(=O)NC2CC2)c(OC2CCN(Cc3ncon3)CC2)c1. The standard InChI is InChI=1S/C19H24N4O4/c1-25-15-4-5-16(19(24)21-13-2-3-13)17(10-15)27-14-6-8-23(9-7-14)11-18-20-12-26-22-18/h4-5,10,12-14H,2-3,6-9,11H2,1H3,(H,21,24). The van der Waals surface area contributed by atoms with Gasteiger partial charge in [0.2, 0.25) is 6.39 Å². The molecule has 8 heteroatoms. The first kappa shape index (κ1) is 17.8. The van der Waals surface area contributed by atoms with E-state index in [9.17, 15) is 4.79 Å². The zero-order valence-electron chi connectivity index (χ0n) is 15.4. The molecule has 1 aliphatic carbocycles. The summed E-state index contributed by atoms with van der Waals surface area (Å²) < 4.78 is 16.3. The number of amides is 1. The highest BCUT2D eigenvalue weighted by atomic mass is 16.5. The van der Waals surface area contributed by atoms with E-state index < -0.39 is 0 Å². The maximum Gasteiger partial charge on any atom is 0.255 e. The minimum atomic E-state index is -0.0790. The maximum absolute atomic E-state index is 12.5. The van der Waals surface area contributed by atoms with E-state index in [1.54, 1.807) is 25.3 Å². The molecule has 8 nitrogen and oxygen atoms in total. The van der Waals surface area contributed by atoms with Crippen molar-refractivity contribution in [3.8, 4) is 11.5 Å². The quantitative estimate of drug-likeness (QED) is 0.795. The number of carbonyl (C=O) groups excluding carboxylic acids is 1. The summed E-state index contributed by atoms with van der Waals surface area (Å²) in [5.74, 6) is 1.89. The fraction of sp³-hybridized carbons (Fsp3) is 0.526.